The first-order valence-corrected chi connectivity index (χ1v) is 6.76. The van der Waals surface area contributed by atoms with E-state index in [9.17, 15) is 4.39 Å². The first-order chi connectivity index (χ1) is 8.58. The average Bonchev–Trinajstić information content (AvgIpc) is 2.31. The standard InChI is InChI=1S/C15H25FN2/c1-12(2)10-17-11-13(3)18-9-8-14-4-6-15(16)7-5-14/h4-7,12-13,17-18H,8-11H2,1-3H3. The van der Waals surface area contributed by atoms with E-state index in [-0.39, 0.29) is 5.82 Å². The lowest BCUT2D eigenvalue weighted by Gasteiger charge is -2.15. The third-order valence-electron chi connectivity index (χ3n) is 2.82. The van der Waals surface area contributed by atoms with Gasteiger partial charge in [-0.25, -0.2) is 4.39 Å². The fraction of sp³-hybridized carbons (Fsp3) is 0.600. The molecular weight excluding hydrogens is 227 g/mol. The zero-order valence-corrected chi connectivity index (χ0v) is 11.7. The van der Waals surface area contributed by atoms with Crippen molar-refractivity contribution in [3.05, 3.63) is 35.6 Å². The average molecular weight is 252 g/mol. The van der Waals surface area contributed by atoms with E-state index < -0.39 is 0 Å². The van der Waals surface area contributed by atoms with Gasteiger partial charge in [0.15, 0.2) is 0 Å². The number of rotatable bonds is 8. The van der Waals surface area contributed by atoms with E-state index in [2.05, 4.69) is 31.4 Å². The Balaban J connectivity index is 2.11. The minimum Gasteiger partial charge on any atom is -0.315 e. The first-order valence-electron chi connectivity index (χ1n) is 6.76. The third-order valence-corrected chi connectivity index (χ3v) is 2.82. The Kier molecular flexibility index (Phi) is 6.91. The van der Waals surface area contributed by atoms with E-state index in [1.54, 1.807) is 0 Å². The lowest BCUT2D eigenvalue weighted by Crippen LogP contribution is -2.38. The third kappa shape index (κ3) is 6.72. The van der Waals surface area contributed by atoms with E-state index in [1.807, 2.05) is 12.1 Å². The van der Waals surface area contributed by atoms with Crippen molar-refractivity contribution in [1.82, 2.24) is 10.6 Å². The quantitative estimate of drug-likeness (QED) is 0.743. The number of nitrogens with one attached hydrogen (secondary N) is 2. The van der Waals surface area contributed by atoms with Crippen LogP contribution in [0.2, 0.25) is 0 Å². The molecule has 0 aliphatic heterocycles. The van der Waals surface area contributed by atoms with Crippen LogP contribution in [0.25, 0.3) is 0 Å². The molecule has 0 amide bonds. The molecule has 3 heteroatoms. The number of hydrogen-bond donors (Lipinski definition) is 2. The van der Waals surface area contributed by atoms with E-state index >= 15 is 0 Å². The highest BCUT2D eigenvalue weighted by Gasteiger charge is 2.01. The van der Waals surface area contributed by atoms with Crippen molar-refractivity contribution >= 4 is 0 Å². The maximum absolute atomic E-state index is 12.7. The van der Waals surface area contributed by atoms with Crippen molar-refractivity contribution in [3.8, 4) is 0 Å². The van der Waals surface area contributed by atoms with Crippen LogP contribution in [0.15, 0.2) is 24.3 Å². The summed E-state index contributed by atoms with van der Waals surface area (Å²) >= 11 is 0. The molecule has 0 aromatic heterocycles. The van der Waals surface area contributed by atoms with E-state index in [0.717, 1.165) is 26.1 Å². The Labute approximate surface area is 110 Å². The van der Waals surface area contributed by atoms with Crippen molar-refractivity contribution in [2.45, 2.75) is 33.2 Å². The van der Waals surface area contributed by atoms with Crippen LogP contribution in [0.3, 0.4) is 0 Å². The lowest BCUT2D eigenvalue weighted by molar-refractivity contribution is 0.474. The lowest BCUT2D eigenvalue weighted by atomic mass is 10.1. The van der Waals surface area contributed by atoms with Crippen LogP contribution in [0.1, 0.15) is 26.3 Å². The van der Waals surface area contributed by atoms with Crippen molar-refractivity contribution in [3.63, 3.8) is 0 Å². The van der Waals surface area contributed by atoms with Gasteiger partial charge in [-0.15, -0.1) is 0 Å². The second-order valence-corrected chi connectivity index (χ2v) is 5.28. The molecule has 0 aliphatic rings. The summed E-state index contributed by atoms with van der Waals surface area (Å²) in [5, 5.41) is 6.89. The van der Waals surface area contributed by atoms with Gasteiger partial charge in [0, 0.05) is 12.6 Å². The predicted molar refractivity (Wildman–Crippen MR) is 75.3 cm³/mol. The Morgan fingerprint density at radius 1 is 1.06 bits per heavy atom. The zero-order valence-electron chi connectivity index (χ0n) is 11.7. The van der Waals surface area contributed by atoms with Crippen LogP contribution in [-0.4, -0.2) is 25.7 Å². The van der Waals surface area contributed by atoms with Crippen molar-refractivity contribution in [1.29, 1.82) is 0 Å². The van der Waals surface area contributed by atoms with Crippen LogP contribution in [0.5, 0.6) is 0 Å². The topological polar surface area (TPSA) is 24.1 Å². The molecule has 0 saturated carbocycles. The molecule has 0 aliphatic carbocycles. The SMILES string of the molecule is CC(C)CNCC(C)NCCc1ccc(F)cc1. The molecule has 1 aromatic carbocycles. The number of hydrogen-bond acceptors (Lipinski definition) is 2. The molecule has 0 heterocycles. The van der Waals surface area contributed by atoms with Crippen LogP contribution < -0.4 is 10.6 Å². The van der Waals surface area contributed by atoms with Gasteiger partial charge in [0.2, 0.25) is 0 Å². The summed E-state index contributed by atoms with van der Waals surface area (Å²) in [6, 6.07) is 7.19. The Morgan fingerprint density at radius 3 is 2.33 bits per heavy atom. The molecule has 2 nitrogen and oxygen atoms in total. The van der Waals surface area contributed by atoms with Crippen molar-refractivity contribution in [2.75, 3.05) is 19.6 Å². The fourth-order valence-electron chi connectivity index (χ4n) is 1.77. The van der Waals surface area contributed by atoms with E-state index in [1.165, 1.54) is 17.7 Å². The molecule has 0 radical (unpaired) electrons. The Morgan fingerprint density at radius 2 is 1.72 bits per heavy atom. The minimum absolute atomic E-state index is 0.169. The van der Waals surface area contributed by atoms with Gasteiger partial charge in [0.05, 0.1) is 0 Å². The van der Waals surface area contributed by atoms with Gasteiger partial charge in [-0.3, -0.25) is 0 Å². The fourth-order valence-corrected chi connectivity index (χ4v) is 1.77. The summed E-state index contributed by atoms with van der Waals surface area (Å²) in [6.07, 6.45) is 0.939. The van der Waals surface area contributed by atoms with Gasteiger partial charge in [0.1, 0.15) is 5.82 Å². The monoisotopic (exact) mass is 252 g/mol. The van der Waals surface area contributed by atoms with Gasteiger partial charge in [-0.1, -0.05) is 26.0 Å². The number of benzene rings is 1. The summed E-state index contributed by atoms with van der Waals surface area (Å²) in [5.41, 5.74) is 1.17. The van der Waals surface area contributed by atoms with Gasteiger partial charge in [-0.2, -0.15) is 0 Å². The highest BCUT2D eigenvalue weighted by atomic mass is 19.1. The summed E-state index contributed by atoms with van der Waals surface area (Å²) in [7, 11) is 0. The van der Waals surface area contributed by atoms with Crippen LogP contribution in [-0.2, 0) is 6.42 Å². The summed E-state index contributed by atoms with van der Waals surface area (Å²) in [4.78, 5) is 0. The maximum atomic E-state index is 12.7. The molecule has 1 atom stereocenters. The van der Waals surface area contributed by atoms with Gasteiger partial charge < -0.3 is 10.6 Å². The molecule has 18 heavy (non-hydrogen) atoms. The molecule has 0 saturated heterocycles. The summed E-state index contributed by atoms with van der Waals surface area (Å²) in [5.74, 6) is 0.523. The molecule has 102 valence electrons. The van der Waals surface area contributed by atoms with Crippen molar-refractivity contribution < 1.29 is 4.39 Å². The molecule has 1 aromatic rings. The van der Waals surface area contributed by atoms with Gasteiger partial charge in [-0.05, 0) is 50.0 Å². The molecule has 0 fully saturated rings. The highest BCUT2D eigenvalue weighted by Crippen LogP contribution is 2.02. The largest absolute Gasteiger partial charge is 0.315 e. The van der Waals surface area contributed by atoms with Gasteiger partial charge in [0.25, 0.3) is 0 Å². The highest BCUT2D eigenvalue weighted by molar-refractivity contribution is 5.16. The first kappa shape index (κ1) is 15.1. The molecule has 0 bridgehead atoms. The smallest absolute Gasteiger partial charge is 0.123 e. The second kappa shape index (κ2) is 8.22. The maximum Gasteiger partial charge on any atom is 0.123 e. The molecule has 0 spiro atoms. The minimum atomic E-state index is -0.169. The van der Waals surface area contributed by atoms with Crippen LogP contribution in [0.4, 0.5) is 4.39 Å². The Hall–Kier alpha value is -0.930. The Bertz CT molecular complexity index is 322. The summed E-state index contributed by atoms with van der Waals surface area (Å²) < 4.78 is 12.7. The zero-order chi connectivity index (χ0) is 13.4. The molecule has 1 rings (SSSR count). The normalized spacial score (nSPS) is 12.9. The number of halogens is 1. The molecule has 2 N–H and O–H groups in total. The molecular formula is C15H25FN2. The van der Waals surface area contributed by atoms with Crippen LogP contribution >= 0.6 is 0 Å². The van der Waals surface area contributed by atoms with E-state index in [0.29, 0.717) is 12.0 Å². The van der Waals surface area contributed by atoms with Crippen molar-refractivity contribution in [2.24, 2.45) is 5.92 Å². The molecule has 1 unspecified atom stereocenters. The van der Waals surface area contributed by atoms with Gasteiger partial charge >= 0.3 is 0 Å². The second-order valence-electron chi connectivity index (χ2n) is 5.28. The van der Waals surface area contributed by atoms with E-state index in [4.69, 9.17) is 0 Å². The summed E-state index contributed by atoms with van der Waals surface area (Å²) in [6.45, 7) is 9.57. The predicted octanol–water partition coefficient (Wildman–Crippen LogP) is 2.59. The van der Waals surface area contributed by atoms with Crippen LogP contribution in [0, 0.1) is 11.7 Å².